The Balaban J connectivity index is 2.24. The van der Waals surface area contributed by atoms with E-state index in [1.165, 1.54) is 0 Å². The molecule has 0 aliphatic heterocycles. The molecule has 0 radical (unpaired) electrons. The van der Waals surface area contributed by atoms with Gasteiger partial charge in [-0.05, 0) is 47.9 Å². The van der Waals surface area contributed by atoms with Crippen LogP contribution in [0.1, 0.15) is 10.4 Å². The molecule has 14 heteroatoms. The van der Waals surface area contributed by atoms with Crippen molar-refractivity contribution in [3.05, 3.63) is 48.0 Å². The van der Waals surface area contributed by atoms with Gasteiger partial charge in [0.15, 0.2) is 5.75 Å². The molecule has 31 heavy (non-hydrogen) atoms. The van der Waals surface area contributed by atoms with E-state index in [9.17, 15) is 36.4 Å². The first-order valence-corrected chi connectivity index (χ1v) is 10.9. The highest BCUT2D eigenvalue weighted by atomic mass is 32.2. The van der Waals surface area contributed by atoms with Crippen LogP contribution in [-0.2, 0) is 20.2 Å². The van der Waals surface area contributed by atoms with Gasteiger partial charge in [0.2, 0.25) is 0 Å². The van der Waals surface area contributed by atoms with E-state index in [1.807, 2.05) is 0 Å². The van der Waals surface area contributed by atoms with E-state index in [-0.39, 0.29) is 16.5 Å². The summed E-state index contributed by atoms with van der Waals surface area (Å²) in [4.78, 5) is 9.58. The van der Waals surface area contributed by atoms with Gasteiger partial charge < -0.3 is 15.3 Å². The van der Waals surface area contributed by atoms with E-state index in [1.54, 1.807) is 0 Å². The highest BCUT2D eigenvalue weighted by Gasteiger charge is 2.23. The Morgan fingerprint density at radius 2 is 1.52 bits per heavy atom. The second kappa shape index (κ2) is 7.59. The fraction of sp³-hybridized carbons (Fsp3) is 0. The molecule has 162 valence electrons. The Morgan fingerprint density at radius 3 is 2.10 bits per heavy atom. The fourth-order valence-electron chi connectivity index (χ4n) is 2.65. The van der Waals surface area contributed by atoms with Gasteiger partial charge in [-0.1, -0.05) is 0 Å². The molecule has 0 heterocycles. The van der Waals surface area contributed by atoms with Crippen molar-refractivity contribution < 1.29 is 46.1 Å². The van der Waals surface area contributed by atoms with Crippen LogP contribution in [0.2, 0.25) is 0 Å². The fourth-order valence-corrected chi connectivity index (χ4v) is 3.82. The van der Waals surface area contributed by atoms with Crippen molar-refractivity contribution in [2.45, 2.75) is 9.79 Å². The average Bonchev–Trinajstić information content (AvgIpc) is 2.66. The summed E-state index contributed by atoms with van der Waals surface area (Å²) in [6.45, 7) is 0. The van der Waals surface area contributed by atoms with E-state index < -0.39 is 58.7 Å². The summed E-state index contributed by atoms with van der Waals surface area (Å²) < 4.78 is 64.8. The van der Waals surface area contributed by atoms with Crippen LogP contribution in [0.5, 0.6) is 11.5 Å². The van der Waals surface area contributed by atoms with Crippen LogP contribution in [-0.4, -0.2) is 47.2 Å². The Morgan fingerprint density at radius 1 is 0.839 bits per heavy atom. The molecular formula is C17H12N2O10S2. The minimum absolute atomic E-state index is 0.0781. The van der Waals surface area contributed by atoms with E-state index in [2.05, 4.69) is 10.2 Å². The summed E-state index contributed by atoms with van der Waals surface area (Å²) in [7, 11) is -9.62. The third-order valence-electron chi connectivity index (χ3n) is 4.07. The molecule has 0 unspecified atom stereocenters. The maximum Gasteiger partial charge on any atom is 0.339 e. The summed E-state index contributed by atoms with van der Waals surface area (Å²) in [6.07, 6.45) is 0. The summed E-state index contributed by atoms with van der Waals surface area (Å²) in [5.74, 6) is -2.79. The Kier molecular flexibility index (Phi) is 5.41. The lowest BCUT2D eigenvalue weighted by Crippen LogP contribution is -2.00. The molecule has 0 saturated heterocycles. The topological polar surface area (TPSA) is 211 Å². The number of nitrogens with zero attached hydrogens (tertiary/aromatic N) is 2. The second-order valence-electron chi connectivity index (χ2n) is 6.11. The zero-order valence-electron chi connectivity index (χ0n) is 15.0. The lowest BCUT2D eigenvalue weighted by molar-refractivity contribution is 0.0693. The number of aromatic hydroxyl groups is 2. The average molecular weight is 468 g/mol. The molecule has 0 aliphatic rings. The van der Waals surface area contributed by atoms with E-state index >= 15 is 0 Å². The molecule has 3 aromatic carbocycles. The van der Waals surface area contributed by atoms with Crippen LogP contribution in [0.15, 0.2) is 62.5 Å². The van der Waals surface area contributed by atoms with Gasteiger partial charge in [0.05, 0.1) is 10.6 Å². The third kappa shape index (κ3) is 4.46. The number of phenolic OH excluding ortho intramolecular Hbond substituents is 1. The number of phenols is 2. The summed E-state index contributed by atoms with van der Waals surface area (Å²) in [5.41, 5.74) is -1.34. The van der Waals surface area contributed by atoms with Crippen molar-refractivity contribution in [3.63, 3.8) is 0 Å². The number of hydrogen-bond acceptors (Lipinski definition) is 9. The lowest BCUT2D eigenvalue weighted by Gasteiger charge is -2.09. The van der Waals surface area contributed by atoms with Gasteiger partial charge in [-0.3, -0.25) is 9.11 Å². The molecule has 0 saturated carbocycles. The normalized spacial score (nSPS) is 12.5. The van der Waals surface area contributed by atoms with E-state index in [0.29, 0.717) is 0 Å². The Labute approximate surface area is 174 Å². The van der Waals surface area contributed by atoms with Crippen molar-refractivity contribution in [1.82, 2.24) is 0 Å². The highest BCUT2D eigenvalue weighted by molar-refractivity contribution is 7.86. The van der Waals surface area contributed by atoms with Crippen molar-refractivity contribution in [1.29, 1.82) is 0 Å². The molecule has 0 fully saturated rings. The number of carbonyl (C=O) groups is 1. The number of benzene rings is 3. The minimum atomic E-state index is -4.99. The first-order chi connectivity index (χ1) is 14.3. The number of hydrogen-bond donors (Lipinski definition) is 5. The number of azo groups is 1. The Bertz CT molecular complexity index is 1480. The number of carboxylic acid groups (broad SMARTS) is 1. The number of fused-ring (bicyclic) bond motifs is 1. The zero-order chi connectivity index (χ0) is 23.1. The highest BCUT2D eigenvalue weighted by Crippen LogP contribution is 2.42. The SMILES string of the molecule is O=C(O)c1cc(N=Nc2c(S(=O)(=O)O)cc3cc(S(=O)(=O)O)ccc3c2O)ccc1O. The van der Waals surface area contributed by atoms with Gasteiger partial charge in [-0.25, -0.2) is 4.79 Å². The van der Waals surface area contributed by atoms with E-state index in [0.717, 1.165) is 42.5 Å². The predicted octanol–water partition coefficient (Wildman–Crippen LogP) is 2.86. The molecular weight excluding hydrogens is 456 g/mol. The lowest BCUT2D eigenvalue weighted by atomic mass is 10.1. The summed E-state index contributed by atoms with van der Waals surface area (Å²) >= 11 is 0. The molecule has 0 atom stereocenters. The van der Waals surface area contributed by atoms with E-state index in [4.69, 9.17) is 9.66 Å². The van der Waals surface area contributed by atoms with Gasteiger partial charge in [0.1, 0.15) is 21.9 Å². The zero-order valence-corrected chi connectivity index (χ0v) is 16.7. The molecule has 0 spiro atoms. The minimum Gasteiger partial charge on any atom is -0.507 e. The predicted molar refractivity (Wildman–Crippen MR) is 104 cm³/mol. The molecule has 3 aromatic rings. The maximum atomic E-state index is 11.8. The van der Waals surface area contributed by atoms with Gasteiger partial charge in [0.25, 0.3) is 20.2 Å². The monoisotopic (exact) mass is 468 g/mol. The molecule has 0 aliphatic carbocycles. The first-order valence-electron chi connectivity index (χ1n) is 8.02. The molecule has 12 nitrogen and oxygen atoms in total. The number of carboxylic acids is 1. The van der Waals surface area contributed by atoms with Crippen LogP contribution < -0.4 is 0 Å². The number of rotatable bonds is 5. The number of aromatic carboxylic acids is 1. The maximum absolute atomic E-state index is 11.8. The van der Waals surface area contributed by atoms with Crippen molar-refractivity contribution in [2.24, 2.45) is 10.2 Å². The van der Waals surface area contributed by atoms with Crippen LogP contribution >= 0.6 is 0 Å². The van der Waals surface area contributed by atoms with Crippen molar-refractivity contribution >= 4 is 48.4 Å². The molecule has 0 amide bonds. The van der Waals surface area contributed by atoms with Crippen molar-refractivity contribution in [3.8, 4) is 11.5 Å². The van der Waals surface area contributed by atoms with Crippen molar-refractivity contribution in [2.75, 3.05) is 0 Å². The molecule has 5 N–H and O–H groups in total. The molecule has 3 rings (SSSR count). The van der Waals surface area contributed by atoms with Crippen LogP contribution in [0.25, 0.3) is 10.8 Å². The van der Waals surface area contributed by atoms with Gasteiger partial charge in [-0.2, -0.15) is 21.9 Å². The Hall–Kier alpha value is -3.59. The standard InChI is InChI=1S/C17H12N2O10S2/c20-13-4-1-9(7-12(13)17(22)23)18-19-15-14(31(27,28)29)6-8-5-10(30(24,25)26)2-3-11(8)16(15)21/h1-7,20-21H,(H,22,23)(H,24,25,26)(H,27,28,29). The van der Waals surface area contributed by atoms with Crippen LogP contribution in [0.4, 0.5) is 11.4 Å². The summed E-state index contributed by atoms with van der Waals surface area (Å²) in [6, 6.07) is 6.82. The quantitative estimate of drug-likeness (QED) is 0.273. The van der Waals surface area contributed by atoms with Crippen LogP contribution in [0.3, 0.4) is 0 Å². The first kappa shape index (κ1) is 22.1. The van der Waals surface area contributed by atoms with Gasteiger partial charge in [0, 0.05) is 5.39 Å². The molecule has 0 bridgehead atoms. The van der Waals surface area contributed by atoms with Gasteiger partial charge >= 0.3 is 5.97 Å². The molecule has 0 aromatic heterocycles. The van der Waals surface area contributed by atoms with Gasteiger partial charge in [-0.15, -0.1) is 5.11 Å². The third-order valence-corrected chi connectivity index (χ3v) is 5.79. The largest absolute Gasteiger partial charge is 0.507 e. The second-order valence-corrected chi connectivity index (χ2v) is 8.92. The van der Waals surface area contributed by atoms with Crippen LogP contribution in [0, 0.1) is 0 Å². The summed E-state index contributed by atoms with van der Waals surface area (Å²) in [5, 5.41) is 36.0. The smallest absolute Gasteiger partial charge is 0.339 e.